The lowest BCUT2D eigenvalue weighted by Gasteiger charge is -2.39. The van der Waals surface area contributed by atoms with Gasteiger partial charge in [0.2, 0.25) is 0 Å². The SMILES string of the molecule is c1ccc(-c2ccc(-c3ccc(N(c4ccc(-c5cccc6c5-c5ccccc5C65c6ccccc6-n6c7ccccc7c7cccc5c76)cc4)c4ccc5c(c4)C4(c6ccccc6-c6ccccc64)c4ccccc4-5)cc3)cc2)cc1. The van der Waals surface area contributed by atoms with E-state index in [-0.39, 0.29) is 0 Å². The molecule has 14 aromatic rings. The maximum atomic E-state index is 2.53. The minimum absolute atomic E-state index is 0.470. The smallest absolute Gasteiger partial charge is 0.0754 e. The van der Waals surface area contributed by atoms with Crippen molar-refractivity contribution in [3.8, 4) is 72.4 Å². The number of fused-ring (bicyclic) bond motifs is 22. The molecule has 1 aromatic heterocycles. The highest BCUT2D eigenvalue weighted by Gasteiger charge is 2.53. The second-order valence-corrected chi connectivity index (χ2v) is 22.6. The van der Waals surface area contributed by atoms with Crippen LogP contribution in [0.5, 0.6) is 0 Å². The molecule has 2 spiro atoms. The van der Waals surface area contributed by atoms with E-state index >= 15 is 0 Å². The van der Waals surface area contributed by atoms with Gasteiger partial charge in [0.05, 0.1) is 27.6 Å². The van der Waals surface area contributed by atoms with Gasteiger partial charge in [0.1, 0.15) is 0 Å². The number of para-hydroxylation sites is 3. The lowest BCUT2D eigenvalue weighted by molar-refractivity contribution is 0.748. The van der Waals surface area contributed by atoms with E-state index in [4.69, 9.17) is 0 Å². The Kier molecular flexibility index (Phi) is 9.39. The van der Waals surface area contributed by atoms with Gasteiger partial charge in [-0.1, -0.05) is 255 Å². The average molecular weight is 1040 g/mol. The number of benzene rings is 13. The summed E-state index contributed by atoms with van der Waals surface area (Å²) in [5.74, 6) is 0. The molecule has 2 heteroatoms. The Morgan fingerprint density at radius 2 is 0.659 bits per heavy atom. The minimum Gasteiger partial charge on any atom is -0.310 e. The topological polar surface area (TPSA) is 8.17 Å². The van der Waals surface area contributed by atoms with Crippen LogP contribution in [-0.2, 0) is 10.8 Å². The molecule has 1 atom stereocenters. The van der Waals surface area contributed by atoms with Crippen LogP contribution in [0.4, 0.5) is 17.1 Å². The van der Waals surface area contributed by atoms with Crippen molar-refractivity contribution in [1.82, 2.24) is 4.57 Å². The van der Waals surface area contributed by atoms with Crippen molar-refractivity contribution in [2.45, 2.75) is 10.8 Å². The third kappa shape index (κ3) is 5.92. The van der Waals surface area contributed by atoms with Crippen LogP contribution in [0.2, 0.25) is 0 Å². The molecule has 4 aliphatic rings. The Morgan fingerprint density at radius 1 is 0.244 bits per heavy atom. The molecule has 1 aliphatic heterocycles. The van der Waals surface area contributed by atoms with E-state index in [0.717, 1.165) is 17.1 Å². The lowest BCUT2D eigenvalue weighted by atomic mass is 9.65. The van der Waals surface area contributed by atoms with Gasteiger partial charge in [0.25, 0.3) is 0 Å². The van der Waals surface area contributed by atoms with Crippen molar-refractivity contribution >= 4 is 38.9 Å². The molecule has 0 N–H and O–H groups in total. The number of hydrogen-bond donors (Lipinski definition) is 0. The zero-order chi connectivity index (χ0) is 53.7. The predicted molar refractivity (Wildman–Crippen MR) is 339 cm³/mol. The molecule has 0 bridgehead atoms. The maximum absolute atomic E-state index is 2.53. The van der Waals surface area contributed by atoms with Gasteiger partial charge in [0, 0.05) is 27.8 Å². The summed E-state index contributed by atoms with van der Waals surface area (Å²) in [6.45, 7) is 0. The van der Waals surface area contributed by atoms with Crippen LogP contribution in [0.3, 0.4) is 0 Å². The molecule has 18 rings (SSSR count). The standard InChI is InChI=1S/C80H50N2/c1-2-18-51(19-3-1)52-36-38-53(39-37-52)54-40-44-56(45-41-54)81(58-48-49-63-62-22-6-11-29-69(62)79(74(63)50-58)67-27-9-4-20-60(67)61-21-5-10-28-68(61)79)57-46-42-55(43-47-57)59-25-16-32-72-77(59)66-24-7-12-30-70(66)80(72)71-31-13-15-35-76(71)82-75-34-14-8-23-64(75)65-26-17-33-73(80)78(65)82/h1-50H. The van der Waals surface area contributed by atoms with Gasteiger partial charge in [0.15, 0.2) is 0 Å². The highest BCUT2D eigenvalue weighted by Crippen LogP contribution is 2.65. The monoisotopic (exact) mass is 1040 g/mol. The summed E-state index contributed by atoms with van der Waals surface area (Å²) in [7, 11) is 0. The van der Waals surface area contributed by atoms with E-state index in [0.29, 0.717) is 0 Å². The van der Waals surface area contributed by atoms with Gasteiger partial charge in [-0.25, -0.2) is 0 Å². The fourth-order valence-corrected chi connectivity index (χ4v) is 15.6. The first-order valence-corrected chi connectivity index (χ1v) is 28.7. The average Bonchev–Trinajstić information content (AvgIpc) is 1.93. The van der Waals surface area contributed by atoms with Crippen LogP contribution in [0.25, 0.3) is 94.3 Å². The van der Waals surface area contributed by atoms with Crippen LogP contribution in [0.15, 0.2) is 303 Å². The Labute approximate surface area is 476 Å². The summed E-state index contributed by atoms with van der Waals surface area (Å²) in [5.41, 5.74) is 31.7. The predicted octanol–water partition coefficient (Wildman–Crippen LogP) is 20.3. The number of rotatable bonds is 6. The third-order valence-corrected chi connectivity index (χ3v) is 18.8. The lowest BCUT2D eigenvalue weighted by Crippen LogP contribution is -2.33. The van der Waals surface area contributed by atoms with Gasteiger partial charge >= 0.3 is 0 Å². The second kappa shape index (κ2) is 17.0. The molecule has 0 saturated heterocycles. The van der Waals surface area contributed by atoms with Crippen LogP contribution >= 0.6 is 0 Å². The third-order valence-electron chi connectivity index (χ3n) is 18.8. The number of anilines is 3. The molecule has 0 radical (unpaired) electrons. The molecule has 82 heavy (non-hydrogen) atoms. The molecule has 2 nitrogen and oxygen atoms in total. The molecule has 13 aromatic carbocycles. The fraction of sp³-hybridized carbons (Fsp3) is 0.0250. The molecule has 0 amide bonds. The fourth-order valence-electron chi connectivity index (χ4n) is 15.6. The number of hydrogen-bond acceptors (Lipinski definition) is 1. The quantitative estimate of drug-likeness (QED) is 0.161. The Balaban J connectivity index is 0.809. The summed E-state index contributed by atoms with van der Waals surface area (Å²) in [6.07, 6.45) is 0. The van der Waals surface area contributed by atoms with Gasteiger partial charge in [-0.05, 0) is 160 Å². The maximum Gasteiger partial charge on any atom is 0.0754 e. The van der Waals surface area contributed by atoms with Crippen molar-refractivity contribution in [2.75, 3.05) is 4.90 Å². The first kappa shape index (κ1) is 45.3. The van der Waals surface area contributed by atoms with Crippen LogP contribution in [0, 0.1) is 0 Å². The largest absolute Gasteiger partial charge is 0.310 e. The van der Waals surface area contributed by atoms with Gasteiger partial charge in [-0.15, -0.1) is 0 Å². The van der Waals surface area contributed by atoms with E-state index in [1.54, 1.807) is 0 Å². The number of aromatic nitrogens is 1. The highest BCUT2D eigenvalue weighted by atomic mass is 15.1. The van der Waals surface area contributed by atoms with E-state index in [1.165, 1.54) is 139 Å². The summed E-state index contributed by atoms with van der Waals surface area (Å²) in [6, 6.07) is 114. The van der Waals surface area contributed by atoms with E-state index in [1.807, 2.05) is 0 Å². The molecule has 0 saturated carbocycles. The van der Waals surface area contributed by atoms with E-state index < -0.39 is 10.8 Å². The highest BCUT2D eigenvalue weighted by molar-refractivity contribution is 6.13. The van der Waals surface area contributed by atoms with Crippen molar-refractivity contribution in [1.29, 1.82) is 0 Å². The molecular formula is C80H50N2. The number of nitrogens with zero attached hydrogens (tertiary/aromatic N) is 2. The van der Waals surface area contributed by atoms with Crippen LogP contribution in [-0.4, -0.2) is 4.57 Å². The summed E-state index contributed by atoms with van der Waals surface area (Å²) < 4.78 is 2.53. The van der Waals surface area contributed by atoms with Gasteiger partial charge < -0.3 is 9.47 Å². The van der Waals surface area contributed by atoms with Crippen molar-refractivity contribution in [2.24, 2.45) is 0 Å². The van der Waals surface area contributed by atoms with Crippen molar-refractivity contribution in [3.63, 3.8) is 0 Å². The Bertz CT molecular complexity index is 4900. The van der Waals surface area contributed by atoms with E-state index in [2.05, 4.69) is 313 Å². The zero-order valence-corrected chi connectivity index (χ0v) is 44.8. The van der Waals surface area contributed by atoms with Gasteiger partial charge in [-0.2, -0.15) is 0 Å². The van der Waals surface area contributed by atoms with Crippen molar-refractivity contribution in [3.05, 3.63) is 348 Å². The van der Waals surface area contributed by atoms with Crippen LogP contribution < -0.4 is 4.90 Å². The zero-order valence-electron chi connectivity index (χ0n) is 44.8. The van der Waals surface area contributed by atoms with Crippen LogP contribution in [0.1, 0.15) is 44.5 Å². The minimum atomic E-state index is -0.528. The van der Waals surface area contributed by atoms with Gasteiger partial charge in [-0.3, -0.25) is 0 Å². The summed E-state index contributed by atoms with van der Waals surface area (Å²) in [4.78, 5) is 2.47. The Morgan fingerprint density at radius 3 is 1.30 bits per heavy atom. The normalized spacial score (nSPS) is 15.0. The second-order valence-electron chi connectivity index (χ2n) is 22.6. The molecule has 3 aliphatic carbocycles. The first-order chi connectivity index (χ1) is 40.7. The first-order valence-electron chi connectivity index (χ1n) is 28.7. The molecule has 0 fully saturated rings. The summed E-state index contributed by atoms with van der Waals surface area (Å²) >= 11 is 0. The van der Waals surface area contributed by atoms with E-state index in [9.17, 15) is 0 Å². The molecular weight excluding hydrogens is 989 g/mol. The molecule has 380 valence electrons. The molecule has 2 heterocycles. The Hall–Kier alpha value is -10.5. The molecule has 1 unspecified atom stereocenters. The summed E-state index contributed by atoms with van der Waals surface area (Å²) in [5, 5.41) is 2.57. The van der Waals surface area contributed by atoms with Crippen molar-refractivity contribution < 1.29 is 0 Å².